The summed E-state index contributed by atoms with van der Waals surface area (Å²) < 4.78 is 30.7. The third-order valence-electron chi connectivity index (χ3n) is 7.83. The average molecular weight is 599 g/mol. The first-order valence-corrected chi connectivity index (χ1v) is 13.0. The molecule has 0 aliphatic carbocycles. The molecule has 3 amide bonds. The molecule has 1 aromatic carbocycles. The summed E-state index contributed by atoms with van der Waals surface area (Å²) in [4.78, 5) is 47.1. The molecule has 1 N–H and O–H groups in total. The van der Waals surface area contributed by atoms with Crippen LogP contribution >= 0.6 is 24.8 Å². The van der Waals surface area contributed by atoms with Crippen LogP contribution in [0.15, 0.2) is 42.6 Å². The summed E-state index contributed by atoms with van der Waals surface area (Å²) in [6.07, 6.45) is 1.91. The van der Waals surface area contributed by atoms with Crippen molar-refractivity contribution in [3.8, 4) is 0 Å². The topological polar surface area (TPSA) is 85.9 Å². The van der Waals surface area contributed by atoms with Crippen molar-refractivity contribution in [3.05, 3.63) is 59.4 Å². The summed E-state index contributed by atoms with van der Waals surface area (Å²) >= 11 is 0. The van der Waals surface area contributed by atoms with Crippen molar-refractivity contribution >= 4 is 48.2 Å². The zero-order valence-electron chi connectivity index (χ0n) is 22.7. The lowest BCUT2D eigenvalue weighted by Gasteiger charge is -2.40. The number of carbonyl (C=O) groups is 3. The highest BCUT2D eigenvalue weighted by Gasteiger charge is 2.43. The number of fused-ring (bicyclic) bond motifs is 1. The Labute approximate surface area is 245 Å². The van der Waals surface area contributed by atoms with Crippen LogP contribution in [0.3, 0.4) is 0 Å². The molecule has 1 aromatic heterocycles. The third-order valence-corrected chi connectivity index (χ3v) is 7.83. The molecule has 5 rings (SSSR count). The number of benzene rings is 1. The molecule has 12 heteroatoms. The van der Waals surface area contributed by atoms with Crippen molar-refractivity contribution in [3.63, 3.8) is 0 Å². The second-order valence-electron chi connectivity index (χ2n) is 11.2. The molecule has 3 aliphatic heterocycles. The van der Waals surface area contributed by atoms with E-state index >= 15 is 8.78 Å². The van der Waals surface area contributed by atoms with Gasteiger partial charge in [-0.2, -0.15) is 8.78 Å². The number of alkyl halides is 2. The molecule has 2 saturated heterocycles. The maximum Gasteiger partial charge on any atom is 0.314 e. The highest BCUT2D eigenvalue weighted by atomic mass is 35.5. The molecular formula is C28H35Cl2F2N5O3. The van der Waals surface area contributed by atoms with Gasteiger partial charge in [-0.3, -0.25) is 29.2 Å². The van der Waals surface area contributed by atoms with Crippen LogP contribution in [0.1, 0.15) is 50.4 Å². The van der Waals surface area contributed by atoms with Gasteiger partial charge in [0.2, 0.25) is 17.7 Å². The van der Waals surface area contributed by atoms with Crippen LogP contribution in [0.25, 0.3) is 0 Å². The molecule has 3 aliphatic rings. The number of rotatable bonds is 6. The smallest absolute Gasteiger partial charge is 0.311 e. The molecule has 40 heavy (non-hydrogen) atoms. The average Bonchev–Trinajstić information content (AvgIpc) is 3.35. The van der Waals surface area contributed by atoms with Crippen LogP contribution in [-0.4, -0.2) is 77.3 Å². The van der Waals surface area contributed by atoms with Gasteiger partial charge < -0.3 is 10.2 Å². The number of hydrogen-bond acceptors (Lipinski definition) is 6. The van der Waals surface area contributed by atoms with Crippen molar-refractivity contribution in [2.75, 3.05) is 37.6 Å². The molecule has 0 spiro atoms. The quantitative estimate of drug-likeness (QED) is 0.513. The van der Waals surface area contributed by atoms with E-state index in [0.29, 0.717) is 25.3 Å². The molecule has 4 heterocycles. The van der Waals surface area contributed by atoms with E-state index in [0.717, 1.165) is 5.56 Å². The number of nitrogens with zero attached hydrogens (tertiary/aromatic N) is 4. The van der Waals surface area contributed by atoms with Crippen molar-refractivity contribution < 1.29 is 23.2 Å². The normalized spacial score (nSPS) is 22.5. The Kier molecular flexibility index (Phi) is 9.61. The summed E-state index contributed by atoms with van der Waals surface area (Å²) in [6, 6.07) is 8.77. The summed E-state index contributed by atoms with van der Waals surface area (Å²) in [5.74, 6) is -3.90. The summed E-state index contributed by atoms with van der Waals surface area (Å²) in [5, 5.41) is 3.37. The summed E-state index contributed by atoms with van der Waals surface area (Å²) in [7, 11) is 0. The Balaban J connectivity index is 0.00000220. The van der Waals surface area contributed by atoms with Crippen LogP contribution < -0.4 is 10.2 Å². The highest BCUT2D eigenvalue weighted by Crippen LogP contribution is 2.43. The molecular weight excluding hydrogens is 563 g/mol. The minimum absolute atomic E-state index is 0. The maximum atomic E-state index is 15.4. The second-order valence-corrected chi connectivity index (χ2v) is 11.2. The van der Waals surface area contributed by atoms with E-state index in [4.69, 9.17) is 0 Å². The fourth-order valence-electron chi connectivity index (χ4n) is 5.65. The first-order chi connectivity index (χ1) is 18.0. The lowest BCUT2D eigenvalue weighted by Crippen LogP contribution is -2.61. The summed E-state index contributed by atoms with van der Waals surface area (Å²) in [6.45, 7) is 7.66. The van der Waals surface area contributed by atoms with Crippen molar-refractivity contribution in [2.24, 2.45) is 0 Å². The predicted molar refractivity (Wildman–Crippen MR) is 152 cm³/mol. The Hall–Kier alpha value is -2.66. The van der Waals surface area contributed by atoms with Crippen molar-refractivity contribution in [2.45, 2.75) is 57.0 Å². The number of nitrogens with one attached hydrogen (secondary N) is 1. The molecule has 2 fully saturated rings. The van der Waals surface area contributed by atoms with Gasteiger partial charge in [0.1, 0.15) is 5.69 Å². The molecule has 0 unspecified atom stereocenters. The maximum absolute atomic E-state index is 15.4. The zero-order valence-corrected chi connectivity index (χ0v) is 24.4. The lowest BCUT2D eigenvalue weighted by molar-refractivity contribution is -0.139. The highest BCUT2D eigenvalue weighted by molar-refractivity contribution is 6.02. The number of aromatic nitrogens is 1. The molecule has 2 aromatic rings. The van der Waals surface area contributed by atoms with Crippen LogP contribution in [0.2, 0.25) is 0 Å². The number of carbonyl (C=O) groups excluding carboxylic acids is 3. The number of pyridine rings is 1. The van der Waals surface area contributed by atoms with Gasteiger partial charge in [0.25, 0.3) is 0 Å². The predicted octanol–water partition coefficient (Wildman–Crippen LogP) is 3.50. The van der Waals surface area contributed by atoms with Gasteiger partial charge in [-0.15, -0.1) is 24.8 Å². The van der Waals surface area contributed by atoms with Crippen molar-refractivity contribution in [1.82, 2.24) is 20.1 Å². The molecule has 0 bridgehead atoms. The second kappa shape index (κ2) is 12.1. The van der Waals surface area contributed by atoms with Crippen LogP contribution in [0, 0.1) is 0 Å². The van der Waals surface area contributed by atoms with Crippen LogP contribution in [0.5, 0.6) is 0 Å². The van der Waals surface area contributed by atoms with Crippen LogP contribution in [-0.2, 0) is 25.7 Å². The number of likely N-dealkylation sites (tertiary alicyclic amines) is 1. The van der Waals surface area contributed by atoms with Crippen molar-refractivity contribution in [1.29, 1.82) is 0 Å². The van der Waals surface area contributed by atoms with Gasteiger partial charge in [0.05, 0.1) is 12.2 Å². The monoisotopic (exact) mass is 597 g/mol. The standard InChI is InChI=1S/C28H33F2N5O3.2ClH/c1-18-14-33(20(12-31-18)15-34-24(36)9-10-25(34)37)16-26(38)35-17-27(2,3)21-13-32-23(11-22(21)35)28(29,30)19-7-5-4-6-8-19;;/h4-8,11,13,18,20,31H,9-10,12,14-17H2,1-3H3;2*1H/t18-,20-;;/m1../s1. The van der Waals surface area contributed by atoms with Gasteiger partial charge in [-0.05, 0) is 13.0 Å². The van der Waals surface area contributed by atoms with E-state index in [9.17, 15) is 14.4 Å². The lowest BCUT2D eigenvalue weighted by atomic mass is 9.88. The first-order valence-electron chi connectivity index (χ1n) is 13.0. The summed E-state index contributed by atoms with van der Waals surface area (Å²) in [5.41, 5.74) is 0.175. The number of halogens is 4. The molecule has 0 saturated carbocycles. The van der Waals surface area contributed by atoms with E-state index in [1.807, 2.05) is 25.7 Å². The Morgan fingerprint density at radius 2 is 1.77 bits per heavy atom. The van der Waals surface area contributed by atoms with E-state index < -0.39 is 17.0 Å². The zero-order chi connectivity index (χ0) is 27.2. The van der Waals surface area contributed by atoms with Gasteiger partial charge in [-0.25, -0.2) is 0 Å². The molecule has 8 nitrogen and oxygen atoms in total. The third kappa shape index (κ3) is 6.00. The minimum atomic E-state index is -3.31. The Bertz CT molecular complexity index is 1250. The Morgan fingerprint density at radius 1 is 1.12 bits per heavy atom. The van der Waals surface area contributed by atoms with Gasteiger partial charge in [0.15, 0.2) is 0 Å². The SMILES string of the molecule is C[C@@H]1CN(CC(=O)N2CC(C)(C)c3cnc(C(F)(F)c4ccccc4)cc32)[C@@H](CN2C(=O)CCC2=O)CN1.Cl.Cl. The van der Waals surface area contributed by atoms with Gasteiger partial charge in [0, 0.05) is 73.8 Å². The largest absolute Gasteiger partial charge is 0.314 e. The number of anilines is 1. The Morgan fingerprint density at radius 3 is 2.42 bits per heavy atom. The van der Waals surface area contributed by atoms with Crippen LogP contribution in [0.4, 0.5) is 14.5 Å². The molecule has 0 radical (unpaired) electrons. The fraction of sp³-hybridized carbons (Fsp3) is 0.500. The minimum Gasteiger partial charge on any atom is -0.311 e. The number of amides is 3. The molecule has 2 atom stereocenters. The van der Waals surface area contributed by atoms with E-state index in [-0.39, 0.29) is 86.1 Å². The fourth-order valence-corrected chi connectivity index (χ4v) is 5.65. The first kappa shape index (κ1) is 31.9. The van der Waals surface area contributed by atoms with E-state index in [1.165, 1.54) is 29.3 Å². The van der Waals surface area contributed by atoms with E-state index in [2.05, 4.69) is 10.3 Å². The van der Waals surface area contributed by atoms with Gasteiger partial charge >= 0.3 is 5.92 Å². The van der Waals surface area contributed by atoms with Gasteiger partial charge in [-0.1, -0.05) is 44.2 Å². The van der Waals surface area contributed by atoms with E-state index in [1.54, 1.807) is 23.1 Å². The number of imide groups is 1. The number of hydrogen-bond donors (Lipinski definition) is 1. The number of piperazine rings is 1. The molecule has 218 valence electrons.